The second kappa shape index (κ2) is 9.61. The van der Waals surface area contributed by atoms with Crippen molar-refractivity contribution >= 4 is 17.5 Å². The molecule has 154 valence electrons. The lowest BCUT2D eigenvalue weighted by Gasteiger charge is -2.19. The first-order chi connectivity index (χ1) is 14.3. The second-order valence-electron chi connectivity index (χ2n) is 7.94. The Labute approximate surface area is 176 Å². The third-order valence-electron chi connectivity index (χ3n) is 5.89. The Balaban J connectivity index is 1.86. The Hall–Kier alpha value is -2.08. The van der Waals surface area contributed by atoms with E-state index < -0.39 is 0 Å². The van der Waals surface area contributed by atoms with E-state index in [1.165, 1.54) is 61.5 Å². The molecule has 1 aliphatic carbocycles. The molecule has 1 aromatic carbocycles. The summed E-state index contributed by atoms with van der Waals surface area (Å²) in [6, 6.07) is 10.5. The molecule has 0 N–H and O–H groups in total. The van der Waals surface area contributed by atoms with E-state index in [1.54, 1.807) is 4.52 Å². The minimum Gasteiger partial charge on any atom is -0.309 e. The predicted molar refractivity (Wildman–Crippen MR) is 119 cm³/mol. The summed E-state index contributed by atoms with van der Waals surface area (Å²) >= 11 is 1.49. The molecule has 0 radical (unpaired) electrons. The van der Waals surface area contributed by atoms with Gasteiger partial charge in [0.1, 0.15) is 0 Å². The normalized spacial score (nSPS) is 16.2. The van der Waals surface area contributed by atoms with E-state index in [4.69, 9.17) is 4.98 Å². The fraction of sp³-hybridized carbons (Fsp3) is 0.522. The van der Waals surface area contributed by atoms with Gasteiger partial charge in [0.05, 0.1) is 6.54 Å². The molecule has 6 heteroatoms. The quantitative estimate of drug-likeness (QED) is 0.578. The molecule has 2 aromatic heterocycles. The van der Waals surface area contributed by atoms with Crippen molar-refractivity contribution in [3.63, 3.8) is 0 Å². The number of hydrogen-bond donors (Lipinski definition) is 0. The molecule has 0 fully saturated rings. The van der Waals surface area contributed by atoms with E-state index >= 15 is 0 Å². The van der Waals surface area contributed by atoms with Gasteiger partial charge in [-0.15, -0.1) is 5.10 Å². The van der Waals surface area contributed by atoms with Crippen LogP contribution in [0.3, 0.4) is 0 Å². The average molecular weight is 411 g/mol. The van der Waals surface area contributed by atoms with Gasteiger partial charge in [-0.2, -0.15) is 9.50 Å². The van der Waals surface area contributed by atoms with Crippen LogP contribution in [0.4, 0.5) is 0 Å². The van der Waals surface area contributed by atoms with E-state index in [-0.39, 0.29) is 5.56 Å². The van der Waals surface area contributed by atoms with Crippen molar-refractivity contribution in [2.24, 2.45) is 0 Å². The molecule has 0 spiro atoms. The highest BCUT2D eigenvalue weighted by Gasteiger charge is 2.20. The van der Waals surface area contributed by atoms with E-state index in [1.807, 2.05) is 12.3 Å². The van der Waals surface area contributed by atoms with Crippen molar-refractivity contribution in [3.05, 3.63) is 57.5 Å². The maximum absolute atomic E-state index is 13.4. The Morgan fingerprint density at radius 2 is 1.59 bits per heavy atom. The summed E-state index contributed by atoms with van der Waals surface area (Å²) in [6.07, 6.45) is 13.6. The lowest BCUT2D eigenvalue weighted by Crippen LogP contribution is -2.28. The van der Waals surface area contributed by atoms with Gasteiger partial charge in [0.15, 0.2) is 0 Å². The topological polar surface area (TPSA) is 52.2 Å². The fourth-order valence-electron chi connectivity index (χ4n) is 4.34. The van der Waals surface area contributed by atoms with Gasteiger partial charge in [0.25, 0.3) is 5.56 Å². The Bertz CT molecular complexity index is 1010. The summed E-state index contributed by atoms with van der Waals surface area (Å²) in [5.74, 6) is 0.675. The molecule has 5 nitrogen and oxygen atoms in total. The van der Waals surface area contributed by atoms with Gasteiger partial charge in [0.2, 0.25) is 10.9 Å². The van der Waals surface area contributed by atoms with Crippen LogP contribution in [0.5, 0.6) is 0 Å². The van der Waals surface area contributed by atoms with Crippen LogP contribution in [0.15, 0.2) is 40.3 Å². The molecule has 1 aliphatic rings. The summed E-state index contributed by atoms with van der Waals surface area (Å²) in [6.45, 7) is 0.722. The summed E-state index contributed by atoms with van der Waals surface area (Å²) in [4.78, 5) is 18.1. The standard InChI is InChI=1S/C23H30N4OS/c1-29-22-24-23-26(17-18-13-9-8-10-14-18)20-16-12-7-5-3-2-4-6-11-15-19(20)21(28)27(23)25-22/h8-10,13-14H,2-7,11-12,15-17H2,1H3. The largest absolute Gasteiger partial charge is 0.309 e. The maximum atomic E-state index is 13.4. The Morgan fingerprint density at radius 1 is 0.931 bits per heavy atom. The number of fused-ring (bicyclic) bond motifs is 2. The van der Waals surface area contributed by atoms with Gasteiger partial charge in [-0.3, -0.25) is 4.79 Å². The number of hydrogen-bond acceptors (Lipinski definition) is 4. The lowest BCUT2D eigenvalue weighted by atomic mass is 9.98. The van der Waals surface area contributed by atoms with Crippen LogP contribution in [0.2, 0.25) is 0 Å². The number of nitrogens with zero attached hydrogens (tertiary/aromatic N) is 4. The van der Waals surface area contributed by atoms with Crippen molar-refractivity contribution < 1.29 is 0 Å². The molecule has 0 saturated carbocycles. The molecule has 29 heavy (non-hydrogen) atoms. The smallest absolute Gasteiger partial charge is 0.279 e. The molecule has 0 aliphatic heterocycles. The minimum atomic E-state index is 0.0316. The van der Waals surface area contributed by atoms with Crippen molar-refractivity contribution in [2.45, 2.75) is 75.9 Å². The van der Waals surface area contributed by atoms with E-state index in [0.29, 0.717) is 10.9 Å². The molecular formula is C23H30N4OS. The van der Waals surface area contributed by atoms with Gasteiger partial charge in [-0.1, -0.05) is 80.6 Å². The number of benzene rings is 1. The summed E-state index contributed by atoms with van der Waals surface area (Å²) < 4.78 is 3.80. The van der Waals surface area contributed by atoms with Gasteiger partial charge in [0, 0.05) is 11.3 Å². The van der Waals surface area contributed by atoms with Crippen LogP contribution < -0.4 is 5.56 Å². The zero-order valence-electron chi connectivity index (χ0n) is 17.3. The lowest BCUT2D eigenvalue weighted by molar-refractivity contribution is 0.545. The summed E-state index contributed by atoms with van der Waals surface area (Å²) in [5, 5.41) is 5.16. The van der Waals surface area contributed by atoms with E-state index in [0.717, 1.165) is 37.8 Å². The molecule has 0 amide bonds. The first-order valence-corrected chi connectivity index (χ1v) is 12.1. The van der Waals surface area contributed by atoms with Gasteiger partial charge >= 0.3 is 0 Å². The van der Waals surface area contributed by atoms with Crippen molar-refractivity contribution in [3.8, 4) is 0 Å². The maximum Gasteiger partial charge on any atom is 0.279 e. The number of thioether (sulfide) groups is 1. The van der Waals surface area contributed by atoms with Gasteiger partial charge in [-0.05, 0) is 37.5 Å². The van der Waals surface area contributed by atoms with Gasteiger partial charge < -0.3 is 4.57 Å². The van der Waals surface area contributed by atoms with Crippen molar-refractivity contribution in [2.75, 3.05) is 6.26 Å². The first kappa shape index (κ1) is 20.2. The van der Waals surface area contributed by atoms with Crippen LogP contribution in [0, 0.1) is 0 Å². The monoisotopic (exact) mass is 410 g/mol. The molecule has 0 unspecified atom stereocenters. The third-order valence-corrected chi connectivity index (χ3v) is 6.43. The first-order valence-electron chi connectivity index (χ1n) is 10.9. The molecule has 0 atom stereocenters. The van der Waals surface area contributed by atoms with Crippen LogP contribution >= 0.6 is 11.8 Å². The van der Waals surface area contributed by atoms with Crippen LogP contribution in [-0.2, 0) is 19.4 Å². The second-order valence-corrected chi connectivity index (χ2v) is 8.71. The molecule has 0 saturated heterocycles. The van der Waals surface area contributed by atoms with Crippen LogP contribution in [-0.4, -0.2) is 25.4 Å². The van der Waals surface area contributed by atoms with E-state index in [9.17, 15) is 4.79 Å². The zero-order valence-corrected chi connectivity index (χ0v) is 18.1. The van der Waals surface area contributed by atoms with Gasteiger partial charge in [-0.25, -0.2) is 0 Å². The molecule has 0 bridgehead atoms. The van der Waals surface area contributed by atoms with Crippen molar-refractivity contribution in [1.82, 2.24) is 19.2 Å². The molecule has 4 rings (SSSR count). The Kier molecular flexibility index (Phi) is 6.70. The molecule has 2 heterocycles. The third kappa shape index (κ3) is 4.58. The molecule has 3 aromatic rings. The summed E-state index contributed by atoms with van der Waals surface area (Å²) in [7, 11) is 0. The highest BCUT2D eigenvalue weighted by molar-refractivity contribution is 7.98. The summed E-state index contributed by atoms with van der Waals surface area (Å²) in [5.41, 5.74) is 3.38. The van der Waals surface area contributed by atoms with Crippen molar-refractivity contribution in [1.29, 1.82) is 0 Å². The van der Waals surface area contributed by atoms with E-state index in [2.05, 4.69) is 33.9 Å². The predicted octanol–water partition coefficient (Wildman–Crippen LogP) is 4.88. The van der Waals surface area contributed by atoms with Crippen LogP contribution in [0.25, 0.3) is 5.78 Å². The zero-order chi connectivity index (χ0) is 20.1. The highest BCUT2D eigenvalue weighted by atomic mass is 32.2. The number of rotatable bonds is 3. The average Bonchev–Trinajstić information content (AvgIpc) is 3.17. The fourth-order valence-corrected chi connectivity index (χ4v) is 4.68. The SMILES string of the molecule is CSc1nc2n(Cc3ccccc3)c3c(c(=O)n2n1)CCCCCCCCCC3. The molecular weight excluding hydrogens is 380 g/mol. The minimum absolute atomic E-state index is 0.0316. The number of aromatic nitrogens is 4. The Morgan fingerprint density at radius 3 is 2.28 bits per heavy atom. The van der Waals surface area contributed by atoms with Crippen LogP contribution in [0.1, 0.15) is 68.2 Å². The highest BCUT2D eigenvalue weighted by Crippen LogP contribution is 2.21.